The molecule has 0 fully saturated rings. The van der Waals surface area contributed by atoms with E-state index in [-0.39, 0.29) is 0 Å². The Balaban J connectivity index is 1.48. The summed E-state index contributed by atoms with van der Waals surface area (Å²) >= 11 is 0. The highest BCUT2D eigenvalue weighted by molar-refractivity contribution is 6.38. The first-order valence-corrected chi connectivity index (χ1v) is 12.9. The second-order valence-electron chi connectivity index (χ2n) is 10.1. The number of aromatic nitrogens is 1. The van der Waals surface area contributed by atoms with E-state index in [1.807, 2.05) is 0 Å². The van der Waals surface area contributed by atoms with Crippen molar-refractivity contribution in [2.24, 2.45) is 0 Å². The standard InChI is InChI=1S/C36H21N/c1-2-6-22(7-3-1)23-14-18-27(19-15-23)37-30-20-16-25-9-5-11-29-28-10-4-8-24-12-13-26-17-21-31(37)36(34(26)32(24)28)35(30)33(25)29/h1-21H. The molecule has 1 heterocycles. The largest absolute Gasteiger partial charge is 0.309 e. The highest BCUT2D eigenvalue weighted by Gasteiger charge is 2.23. The molecule has 1 aliphatic carbocycles. The lowest BCUT2D eigenvalue weighted by Crippen LogP contribution is -1.94. The number of rotatable bonds is 2. The smallest absolute Gasteiger partial charge is 0.0548 e. The summed E-state index contributed by atoms with van der Waals surface area (Å²) < 4.78 is 2.46. The summed E-state index contributed by atoms with van der Waals surface area (Å²) in [5, 5.41) is 10.7. The zero-order valence-electron chi connectivity index (χ0n) is 20.1. The molecule has 1 aromatic heterocycles. The van der Waals surface area contributed by atoms with Crippen molar-refractivity contribution in [3.63, 3.8) is 0 Å². The first-order chi connectivity index (χ1) is 18.4. The van der Waals surface area contributed by atoms with Crippen molar-refractivity contribution >= 4 is 54.1 Å². The molecule has 0 unspecified atom stereocenters. The van der Waals surface area contributed by atoms with Gasteiger partial charge in [-0.2, -0.15) is 0 Å². The summed E-state index contributed by atoms with van der Waals surface area (Å²) in [6.45, 7) is 0. The fourth-order valence-corrected chi connectivity index (χ4v) is 6.72. The fraction of sp³-hybridized carbons (Fsp3) is 0. The number of fused-ring (bicyclic) bond motifs is 1. The van der Waals surface area contributed by atoms with Crippen LogP contribution in [0.4, 0.5) is 0 Å². The lowest BCUT2D eigenvalue weighted by atomic mass is 9.93. The first kappa shape index (κ1) is 19.3. The van der Waals surface area contributed by atoms with E-state index in [0.717, 1.165) is 0 Å². The van der Waals surface area contributed by atoms with Crippen molar-refractivity contribution in [2.45, 2.75) is 0 Å². The van der Waals surface area contributed by atoms with Gasteiger partial charge in [0.1, 0.15) is 0 Å². The van der Waals surface area contributed by atoms with Gasteiger partial charge in [-0.05, 0) is 73.5 Å². The average Bonchev–Trinajstić information content (AvgIpc) is 3.24. The van der Waals surface area contributed by atoms with Crippen LogP contribution in [0.5, 0.6) is 0 Å². The number of benzene rings is 7. The lowest BCUT2D eigenvalue weighted by molar-refractivity contribution is 1.18. The predicted octanol–water partition coefficient (Wildman–Crippen LogP) is 9.89. The van der Waals surface area contributed by atoms with Gasteiger partial charge in [0.05, 0.1) is 11.0 Å². The Hall–Kier alpha value is -4.88. The Morgan fingerprint density at radius 2 is 0.838 bits per heavy atom. The first-order valence-electron chi connectivity index (χ1n) is 12.9. The van der Waals surface area contributed by atoms with Crippen molar-refractivity contribution in [2.75, 3.05) is 0 Å². The van der Waals surface area contributed by atoms with Crippen LogP contribution in [0.2, 0.25) is 0 Å². The molecule has 1 heteroatoms. The zero-order chi connectivity index (χ0) is 24.1. The molecule has 0 spiro atoms. The molecule has 1 aliphatic rings. The maximum absolute atomic E-state index is 2.46. The molecule has 8 aromatic rings. The van der Waals surface area contributed by atoms with E-state index >= 15 is 0 Å². The summed E-state index contributed by atoms with van der Waals surface area (Å²) in [7, 11) is 0. The Morgan fingerprint density at radius 1 is 0.324 bits per heavy atom. The summed E-state index contributed by atoms with van der Waals surface area (Å²) in [4.78, 5) is 0. The van der Waals surface area contributed by atoms with Gasteiger partial charge in [-0.3, -0.25) is 0 Å². The highest BCUT2D eigenvalue weighted by atomic mass is 15.0. The molecule has 9 rings (SSSR count). The van der Waals surface area contributed by atoms with Crippen molar-refractivity contribution in [3.8, 4) is 27.9 Å². The van der Waals surface area contributed by atoms with Crippen LogP contribution in [0, 0.1) is 0 Å². The van der Waals surface area contributed by atoms with Gasteiger partial charge in [0.2, 0.25) is 0 Å². The topological polar surface area (TPSA) is 4.93 Å². The van der Waals surface area contributed by atoms with Gasteiger partial charge in [-0.1, -0.05) is 103 Å². The monoisotopic (exact) mass is 467 g/mol. The van der Waals surface area contributed by atoms with Crippen LogP contribution in [0.1, 0.15) is 0 Å². The normalized spacial score (nSPS) is 12.3. The van der Waals surface area contributed by atoms with Gasteiger partial charge in [0.15, 0.2) is 0 Å². The predicted molar refractivity (Wildman–Crippen MR) is 158 cm³/mol. The second-order valence-corrected chi connectivity index (χ2v) is 10.1. The molecule has 0 aliphatic heterocycles. The van der Waals surface area contributed by atoms with E-state index in [0.29, 0.717) is 0 Å². The van der Waals surface area contributed by atoms with E-state index in [1.165, 1.54) is 82.1 Å². The van der Waals surface area contributed by atoms with Gasteiger partial charge in [0, 0.05) is 21.8 Å². The van der Waals surface area contributed by atoms with Crippen molar-refractivity contribution in [1.29, 1.82) is 0 Å². The average molecular weight is 468 g/mol. The van der Waals surface area contributed by atoms with Crippen LogP contribution in [-0.2, 0) is 0 Å². The molecule has 0 N–H and O–H groups in total. The third-order valence-corrected chi connectivity index (χ3v) is 8.28. The van der Waals surface area contributed by atoms with Crippen LogP contribution in [0.15, 0.2) is 127 Å². The Bertz CT molecular complexity index is 2210. The SMILES string of the molecule is c1ccc(-c2ccc(-n3c4ccc5cccc6c5c4c4c5c(ccc7cccc-6c75)ccc43)cc2)cc1. The molecule has 0 atom stereocenters. The number of hydrogen-bond donors (Lipinski definition) is 0. The molecule has 0 saturated heterocycles. The fourth-order valence-electron chi connectivity index (χ4n) is 6.72. The quantitative estimate of drug-likeness (QED) is 0.223. The number of nitrogens with zero attached hydrogens (tertiary/aromatic N) is 1. The lowest BCUT2D eigenvalue weighted by Gasteiger charge is -2.14. The zero-order valence-corrected chi connectivity index (χ0v) is 20.1. The number of hydrogen-bond acceptors (Lipinski definition) is 0. The molecule has 0 saturated carbocycles. The molecule has 37 heavy (non-hydrogen) atoms. The van der Waals surface area contributed by atoms with Crippen LogP contribution >= 0.6 is 0 Å². The van der Waals surface area contributed by atoms with Crippen LogP contribution in [0.3, 0.4) is 0 Å². The van der Waals surface area contributed by atoms with Gasteiger partial charge >= 0.3 is 0 Å². The summed E-state index contributed by atoms with van der Waals surface area (Å²) in [6, 6.07) is 46.9. The third kappa shape index (κ3) is 2.43. The molecule has 170 valence electrons. The maximum Gasteiger partial charge on any atom is 0.0548 e. The molecule has 7 aromatic carbocycles. The van der Waals surface area contributed by atoms with E-state index in [9.17, 15) is 0 Å². The van der Waals surface area contributed by atoms with E-state index in [1.54, 1.807) is 0 Å². The molecule has 0 radical (unpaired) electrons. The second kappa shape index (κ2) is 6.87. The van der Waals surface area contributed by atoms with Crippen LogP contribution < -0.4 is 0 Å². The minimum absolute atomic E-state index is 1.19. The van der Waals surface area contributed by atoms with Gasteiger partial charge in [0.25, 0.3) is 0 Å². The van der Waals surface area contributed by atoms with Crippen molar-refractivity contribution < 1.29 is 0 Å². The maximum atomic E-state index is 2.46. The summed E-state index contributed by atoms with van der Waals surface area (Å²) in [5.41, 5.74) is 8.86. The van der Waals surface area contributed by atoms with Gasteiger partial charge in [-0.15, -0.1) is 0 Å². The molecule has 0 amide bonds. The minimum Gasteiger partial charge on any atom is -0.309 e. The molecule has 0 bridgehead atoms. The third-order valence-electron chi connectivity index (χ3n) is 8.28. The van der Waals surface area contributed by atoms with Crippen LogP contribution in [0.25, 0.3) is 82.1 Å². The summed E-state index contributed by atoms with van der Waals surface area (Å²) in [6.07, 6.45) is 0. The van der Waals surface area contributed by atoms with E-state index in [2.05, 4.69) is 132 Å². The molecular weight excluding hydrogens is 446 g/mol. The molecular formula is C36H21N. The van der Waals surface area contributed by atoms with Gasteiger partial charge in [-0.25, -0.2) is 0 Å². The highest BCUT2D eigenvalue weighted by Crippen LogP contribution is 2.49. The summed E-state index contributed by atoms with van der Waals surface area (Å²) in [5.74, 6) is 0. The Kier molecular flexibility index (Phi) is 3.59. The van der Waals surface area contributed by atoms with Crippen LogP contribution in [-0.4, -0.2) is 4.57 Å². The van der Waals surface area contributed by atoms with Crippen molar-refractivity contribution in [1.82, 2.24) is 4.57 Å². The Morgan fingerprint density at radius 3 is 1.49 bits per heavy atom. The van der Waals surface area contributed by atoms with Gasteiger partial charge < -0.3 is 4.57 Å². The molecule has 1 nitrogen and oxygen atoms in total. The van der Waals surface area contributed by atoms with E-state index < -0.39 is 0 Å². The minimum atomic E-state index is 1.19. The van der Waals surface area contributed by atoms with Crippen molar-refractivity contribution in [3.05, 3.63) is 127 Å². The Labute approximate surface area is 213 Å². The van der Waals surface area contributed by atoms with E-state index in [4.69, 9.17) is 0 Å².